The number of H-pyrrole nitrogens is 1. The van der Waals surface area contributed by atoms with Crippen LogP contribution in [0.25, 0.3) is 21.9 Å². The molecule has 1 aliphatic heterocycles. The number of hydrogen-bond acceptors (Lipinski definition) is 5. The predicted molar refractivity (Wildman–Crippen MR) is 85.9 cm³/mol. The number of aromatic nitrogens is 3. The van der Waals surface area contributed by atoms with Crippen molar-refractivity contribution in [1.29, 1.82) is 0 Å². The molecule has 1 saturated heterocycles. The summed E-state index contributed by atoms with van der Waals surface area (Å²) in [6.07, 6.45) is 2.60. The fourth-order valence-electron chi connectivity index (χ4n) is 2.66. The second-order valence-corrected chi connectivity index (χ2v) is 6.23. The molecule has 0 radical (unpaired) electrons. The molecule has 1 fully saturated rings. The van der Waals surface area contributed by atoms with Crippen LogP contribution in [-0.4, -0.2) is 40.0 Å². The molecule has 0 saturated carbocycles. The molecule has 6 nitrogen and oxygen atoms in total. The summed E-state index contributed by atoms with van der Waals surface area (Å²) in [6.45, 7) is 1.77. The second-order valence-electron chi connectivity index (χ2n) is 5.28. The van der Waals surface area contributed by atoms with Gasteiger partial charge in [0.25, 0.3) is 5.91 Å². The minimum absolute atomic E-state index is 0.0923. The van der Waals surface area contributed by atoms with E-state index in [0.717, 1.165) is 30.2 Å². The van der Waals surface area contributed by atoms with E-state index in [1.165, 1.54) is 0 Å². The molecular weight excluding hydrogens is 298 g/mol. The monoisotopic (exact) mass is 313 g/mol. The summed E-state index contributed by atoms with van der Waals surface area (Å²) in [5.41, 5.74) is 1.82. The third kappa shape index (κ3) is 2.38. The molecule has 0 bridgehead atoms. The highest BCUT2D eigenvalue weighted by Crippen LogP contribution is 2.25. The van der Waals surface area contributed by atoms with E-state index in [2.05, 4.69) is 25.6 Å². The topological polar surface area (TPSA) is 82.7 Å². The van der Waals surface area contributed by atoms with Crippen molar-refractivity contribution >= 4 is 28.4 Å². The molecule has 22 heavy (non-hydrogen) atoms. The quantitative estimate of drug-likeness (QED) is 0.688. The number of carbonyl (C=O) groups is 1. The van der Waals surface area contributed by atoms with Crippen LogP contribution in [0.15, 0.2) is 29.8 Å². The number of fused-ring (bicyclic) bond motifs is 1. The van der Waals surface area contributed by atoms with Crippen LogP contribution in [0, 0.1) is 0 Å². The number of pyridine rings is 1. The number of thiophene rings is 1. The molecule has 112 valence electrons. The molecule has 1 aliphatic rings. The zero-order chi connectivity index (χ0) is 14.9. The first-order valence-corrected chi connectivity index (χ1v) is 8.09. The van der Waals surface area contributed by atoms with Crippen molar-refractivity contribution in [3.05, 3.63) is 35.3 Å². The molecular formula is C15H15N5OS. The Morgan fingerprint density at radius 2 is 2.36 bits per heavy atom. The van der Waals surface area contributed by atoms with Crippen molar-refractivity contribution in [3.8, 4) is 10.7 Å². The van der Waals surface area contributed by atoms with Crippen molar-refractivity contribution < 1.29 is 4.79 Å². The van der Waals surface area contributed by atoms with Crippen LogP contribution in [0.5, 0.6) is 0 Å². The van der Waals surface area contributed by atoms with E-state index in [-0.39, 0.29) is 11.9 Å². The van der Waals surface area contributed by atoms with Gasteiger partial charge < -0.3 is 15.6 Å². The number of carbonyl (C=O) groups excluding carboxylic acids is 1. The summed E-state index contributed by atoms with van der Waals surface area (Å²) >= 11 is 1.60. The summed E-state index contributed by atoms with van der Waals surface area (Å²) in [5.74, 6) is 0.658. The van der Waals surface area contributed by atoms with Gasteiger partial charge in [-0.15, -0.1) is 11.3 Å². The lowest BCUT2D eigenvalue weighted by atomic mass is 10.2. The van der Waals surface area contributed by atoms with Crippen LogP contribution in [0.4, 0.5) is 0 Å². The summed E-state index contributed by atoms with van der Waals surface area (Å²) in [6, 6.07) is 5.87. The van der Waals surface area contributed by atoms with Gasteiger partial charge in [-0.3, -0.25) is 4.79 Å². The van der Waals surface area contributed by atoms with Crippen LogP contribution in [-0.2, 0) is 0 Å². The SMILES string of the molecule is O=C(NC1CCNC1)c1ccnc2[nH]c(-c3cccs3)nc12. The lowest BCUT2D eigenvalue weighted by Gasteiger charge is -2.11. The van der Waals surface area contributed by atoms with E-state index in [0.29, 0.717) is 16.7 Å². The lowest BCUT2D eigenvalue weighted by molar-refractivity contribution is 0.0941. The fraction of sp³-hybridized carbons (Fsp3) is 0.267. The zero-order valence-electron chi connectivity index (χ0n) is 11.8. The number of nitrogens with one attached hydrogen (secondary N) is 3. The largest absolute Gasteiger partial charge is 0.348 e. The Kier molecular flexibility index (Phi) is 3.36. The zero-order valence-corrected chi connectivity index (χ0v) is 12.6. The van der Waals surface area contributed by atoms with E-state index in [9.17, 15) is 4.79 Å². The summed E-state index contributed by atoms with van der Waals surface area (Å²) in [7, 11) is 0. The van der Waals surface area contributed by atoms with Crippen molar-refractivity contribution in [2.24, 2.45) is 0 Å². The molecule has 3 aromatic rings. The van der Waals surface area contributed by atoms with Crippen LogP contribution in [0.2, 0.25) is 0 Å². The molecule has 4 rings (SSSR count). The van der Waals surface area contributed by atoms with Gasteiger partial charge in [-0.05, 0) is 30.5 Å². The van der Waals surface area contributed by atoms with Gasteiger partial charge in [0.1, 0.15) is 11.3 Å². The van der Waals surface area contributed by atoms with Gasteiger partial charge in [-0.2, -0.15) is 0 Å². The molecule has 4 heterocycles. The second kappa shape index (κ2) is 5.51. The first-order chi connectivity index (χ1) is 10.8. The first-order valence-electron chi connectivity index (χ1n) is 7.21. The van der Waals surface area contributed by atoms with Gasteiger partial charge in [0.05, 0.1) is 10.4 Å². The van der Waals surface area contributed by atoms with Crippen molar-refractivity contribution in [2.75, 3.05) is 13.1 Å². The third-order valence-corrected chi connectivity index (χ3v) is 4.66. The van der Waals surface area contributed by atoms with Gasteiger partial charge >= 0.3 is 0 Å². The van der Waals surface area contributed by atoms with E-state index in [1.54, 1.807) is 23.6 Å². The van der Waals surface area contributed by atoms with E-state index in [1.807, 2.05) is 17.5 Å². The molecule has 3 aromatic heterocycles. The maximum absolute atomic E-state index is 12.5. The van der Waals surface area contributed by atoms with Gasteiger partial charge in [0.15, 0.2) is 5.65 Å². The highest BCUT2D eigenvalue weighted by Gasteiger charge is 2.20. The minimum Gasteiger partial charge on any atom is -0.348 e. The lowest BCUT2D eigenvalue weighted by Crippen LogP contribution is -2.36. The van der Waals surface area contributed by atoms with Crippen molar-refractivity contribution in [2.45, 2.75) is 12.5 Å². The average molecular weight is 313 g/mol. The van der Waals surface area contributed by atoms with Gasteiger partial charge in [0, 0.05) is 18.8 Å². The smallest absolute Gasteiger partial charge is 0.253 e. The highest BCUT2D eigenvalue weighted by atomic mass is 32.1. The number of rotatable bonds is 3. The van der Waals surface area contributed by atoms with Crippen LogP contribution in [0.3, 0.4) is 0 Å². The van der Waals surface area contributed by atoms with Gasteiger partial charge in [0.2, 0.25) is 0 Å². The standard InChI is InChI=1S/C15H15N5OS/c21-15(18-9-3-5-16-8-9)10-4-6-17-14-12(10)19-13(20-14)11-2-1-7-22-11/h1-2,4,6-7,9,16H,3,5,8H2,(H,18,21)(H,17,19,20). The Bertz CT molecular complexity index is 805. The molecule has 3 N–H and O–H groups in total. The van der Waals surface area contributed by atoms with Crippen LogP contribution in [0.1, 0.15) is 16.8 Å². The maximum Gasteiger partial charge on any atom is 0.253 e. The maximum atomic E-state index is 12.5. The van der Waals surface area contributed by atoms with Crippen LogP contribution >= 0.6 is 11.3 Å². The Morgan fingerprint density at radius 3 is 3.14 bits per heavy atom. The molecule has 0 spiro atoms. The van der Waals surface area contributed by atoms with Crippen molar-refractivity contribution in [1.82, 2.24) is 25.6 Å². The number of imidazole rings is 1. The van der Waals surface area contributed by atoms with Crippen molar-refractivity contribution in [3.63, 3.8) is 0 Å². The number of amides is 1. The summed E-state index contributed by atoms with van der Waals surface area (Å²) < 4.78 is 0. The molecule has 0 aliphatic carbocycles. The first kappa shape index (κ1) is 13.4. The normalized spacial score (nSPS) is 17.9. The molecule has 7 heteroatoms. The average Bonchev–Trinajstić information content (AvgIpc) is 3.26. The fourth-order valence-corrected chi connectivity index (χ4v) is 3.33. The van der Waals surface area contributed by atoms with E-state index >= 15 is 0 Å². The molecule has 1 unspecified atom stereocenters. The minimum atomic E-state index is -0.0923. The summed E-state index contributed by atoms with van der Waals surface area (Å²) in [4.78, 5) is 25.6. The third-order valence-electron chi connectivity index (χ3n) is 3.78. The Hall–Kier alpha value is -2.25. The van der Waals surface area contributed by atoms with E-state index < -0.39 is 0 Å². The Balaban J connectivity index is 1.69. The van der Waals surface area contributed by atoms with Gasteiger partial charge in [-0.25, -0.2) is 9.97 Å². The Morgan fingerprint density at radius 1 is 1.41 bits per heavy atom. The molecule has 0 aromatic carbocycles. The van der Waals surface area contributed by atoms with Crippen LogP contribution < -0.4 is 10.6 Å². The highest BCUT2D eigenvalue weighted by molar-refractivity contribution is 7.13. The summed E-state index contributed by atoms with van der Waals surface area (Å²) in [5, 5.41) is 8.29. The molecule has 1 atom stereocenters. The molecule has 1 amide bonds. The number of aromatic amines is 1. The van der Waals surface area contributed by atoms with Gasteiger partial charge in [-0.1, -0.05) is 6.07 Å². The number of hydrogen-bond donors (Lipinski definition) is 3. The Labute approximate surface area is 131 Å². The van der Waals surface area contributed by atoms with E-state index in [4.69, 9.17) is 0 Å². The predicted octanol–water partition coefficient (Wildman–Crippen LogP) is 1.78. The number of nitrogens with zero attached hydrogens (tertiary/aromatic N) is 2.